The molecule has 1 aliphatic heterocycles. The van der Waals surface area contributed by atoms with E-state index >= 15 is 0 Å². The zero-order valence-corrected chi connectivity index (χ0v) is 17.4. The number of nitrogens with zero attached hydrogens (tertiary/aromatic N) is 2. The van der Waals surface area contributed by atoms with Crippen molar-refractivity contribution in [2.45, 2.75) is 88.8 Å². The van der Waals surface area contributed by atoms with Gasteiger partial charge >= 0.3 is 0 Å². The lowest BCUT2D eigenvalue weighted by Gasteiger charge is -2.46. The number of carbonyl (C=O) groups excluding carboxylic acids is 2. The monoisotopic (exact) mass is 402 g/mol. The highest BCUT2D eigenvalue weighted by atomic mass is 35.5. The topological polar surface area (TPSA) is 40.6 Å². The average Bonchev–Trinajstić information content (AvgIpc) is 3.19. The number of rotatable bonds is 3. The van der Waals surface area contributed by atoms with Crippen LogP contribution in [0.2, 0.25) is 5.02 Å². The number of benzene rings is 1. The van der Waals surface area contributed by atoms with Crippen molar-refractivity contribution in [1.29, 1.82) is 0 Å². The summed E-state index contributed by atoms with van der Waals surface area (Å²) >= 11 is 6.10. The molecule has 2 amide bonds. The Labute approximate surface area is 173 Å². The van der Waals surface area contributed by atoms with Crippen LogP contribution in [0.25, 0.3) is 0 Å². The molecule has 3 aliphatic rings. The minimum absolute atomic E-state index is 0.107. The Balaban J connectivity index is 1.66. The van der Waals surface area contributed by atoms with E-state index in [1.807, 2.05) is 34.1 Å². The van der Waals surface area contributed by atoms with Crippen LogP contribution in [0.4, 0.5) is 0 Å². The van der Waals surface area contributed by atoms with Gasteiger partial charge in [-0.25, -0.2) is 0 Å². The highest BCUT2D eigenvalue weighted by Crippen LogP contribution is 2.36. The van der Waals surface area contributed by atoms with Gasteiger partial charge in [0.25, 0.3) is 5.91 Å². The third kappa shape index (κ3) is 4.07. The predicted molar refractivity (Wildman–Crippen MR) is 111 cm³/mol. The van der Waals surface area contributed by atoms with Crippen molar-refractivity contribution in [2.24, 2.45) is 0 Å². The van der Waals surface area contributed by atoms with E-state index in [0.29, 0.717) is 5.02 Å². The quantitative estimate of drug-likeness (QED) is 0.705. The van der Waals surface area contributed by atoms with Gasteiger partial charge in [0.05, 0.1) is 0 Å². The molecule has 1 atom stereocenters. The number of halogens is 1. The van der Waals surface area contributed by atoms with Crippen LogP contribution in [0.5, 0.6) is 0 Å². The fraction of sp³-hybridized carbons (Fsp3) is 0.652. The van der Waals surface area contributed by atoms with Crippen LogP contribution in [0.15, 0.2) is 24.3 Å². The molecule has 0 bridgehead atoms. The summed E-state index contributed by atoms with van der Waals surface area (Å²) in [5.41, 5.74) is 0.896. The summed E-state index contributed by atoms with van der Waals surface area (Å²) in [6.07, 6.45) is 12.4. The summed E-state index contributed by atoms with van der Waals surface area (Å²) in [5.74, 6) is 0.230. The normalized spacial score (nSPS) is 25.8. The van der Waals surface area contributed by atoms with E-state index < -0.39 is 6.04 Å². The van der Waals surface area contributed by atoms with E-state index in [2.05, 4.69) is 0 Å². The molecule has 0 N–H and O–H groups in total. The Morgan fingerprint density at radius 1 is 0.750 bits per heavy atom. The van der Waals surface area contributed by atoms with E-state index in [4.69, 9.17) is 11.6 Å². The minimum atomic E-state index is -0.497. The highest BCUT2D eigenvalue weighted by Gasteiger charge is 2.45. The lowest BCUT2D eigenvalue weighted by molar-refractivity contribution is -0.161. The molecule has 152 valence electrons. The number of piperazine rings is 1. The molecule has 4 nitrogen and oxygen atoms in total. The molecular formula is C23H31ClN2O2. The Morgan fingerprint density at radius 3 is 1.93 bits per heavy atom. The minimum Gasteiger partial charge on any atom is -0.328 e. The standard InChI is InChI=1S/C23H31ClN2O2/c24-18-14-12-17(13-15-18)22-23(28)25(19-8-6-7-9-19)16-21(27)26(22)20-10-4-2-1-3-5-11-20/h12-15,19-20,22H,1-11,16H2/t22-/m1/s1. The molecule has 4 rings (SSSR count). The summed E-state index contributed by atoms with van der Waals surface area (Å²) in [4.78, 5) is 30.8. The number of amides is 2. The second-order valence-corrected chi connectivity index (χ2v) is 9.09. The van der Waals surface area contributed by atoms with Crippen molar-refractivity contribution in [2.75, 3.05) is 6.54 Å². The smallest absolute Gasteiger partial charge is 0.250 e. The molecule has 1 aromatic carbocycles. The Kier molecular flexibility index (Phi) is 6.25. The van der Waals surface area contributed by atoms with Crippen molar-refractivity contribution >= 4 is 23.4 Å². The van der Waals surface area contributed by atoms with Crippen molar-refractivity contribution in [3.63, 3.8) is 0 Å². The molecule has 1 heterocycles. The molecule has 1 aromatic rings. The second-order valence-electron chi connectivity index (χ2n) is 8.66. The average molecular weight is 403 g/mol. The predicted octanol–water partition coefficient (Wildman–Crippen LogP) is 5.11. The summed E-state index contributed by atoms with van der Waals surface area (Å²) in [5, 5.41) is 0.656. The molecule has 5 heteroatoms. The maximum Gasteiger partial charge on any atom is 0.250 e. The molecule has 2 saturated carbocycles. The largest absolute Gasteiger partial charge is 0.328 e. The van der Waals surface area contributed by atoms with Gasteiger partial charge in [-0.05, 0) is 43.4 Å². The second kappa shape index (κ2) is 8.86. The van der Waals surface area contributed by atoms with E-state index in [1.165, 1.54) is 19.3 Å². The first-order valence-corrected chi connectivity index (χ1v) is 11.4. The van der Waals surface area contributed by atoms with Gasteiger partial charge in [0.15, 0.2) is 0 Å². The van der Waals surface area contributed by atoms with Gasteiger partial charge in [0.1, 0.15) is 12.6 Å². The molecular weight excluding hydrogens is 372 g/mol. The third-order valence-electron chi connectivity index (χ3n) is 6.81. The molecule has 0 aromatic heterocycles. The Bertz CT molecular complexity index is 691. The Morgan fingerprint density at radius 2 is 1.29 bits per heavy atom. The van der Waals surface area contributed by atoms with Crippen LogP contribution in [-0.4, -0.2) is 40.2 Å². The summed E-state index contributed by atoms with van der Waals surface area (Å²) in [6, 6.07) is 7.41. The molecule has 1 saturated heterocycles. The van der Waals surface area contributed by atoms with Crippen molar-refractivity contribution in [1.82, 2.24) is 9.80 Å². The Hall–Kier alpha value is -1.55. The molecule has 0 spiro atoms. The lowest BCUT2D eigenvalue weighted by atomic mass is 9.91. The summed E-state index contributed by atoms with van der Waals surface area (Å²) < 4.78 is 0. The highest BCUT2D eigenvalue weighted by molar-refractivity contribution is 6.30. The first kappa shape index (κ1) is 19.8. The zero-order valence-electron chi connectivity index (χ0n) is 16.6. The molecule has 0 radical (unpaired) electrons. The number of hydrogen-bond acceptors (Lipinski definition) is 2. The van der Waals surface area contributed by atoms with Gasteiger partial charge in [-0.3, -0.25) is 9.59 Å². The van der Waals surface area contributed by atoms with Gasteiger partial charge in [0, 0.05) is 17.1 Å². The summed E-state index contributed by atoms with van der Waals surface area (Å²) in [6.45, 7) is 0.254. The van der Waals surface area contributed by atoms with Crippen LogP contribution < -0.4 is 0 Å². The fourth-order valence-electron chi connectivity index (χ4n) is 5.33. The van der Waals surface area contributed by atoms with Crippen LogP contribution in [-0.2, 0) is 9.59 Å². The van der Waals surface area contributed by atoms with Crippen molar-refractivity contribution in [3.8, 4) is 0 Å². The molecule has 2 aliphatic carbocycles. The van der Waals surface area contributed by atoms with Gasteiger partial charge in [-0.15, -0.1) is 0 Å². The van der Waals surface area contributed by atoms with Crippen molar-refractivity contribution < 1.29 is 9.59 Å². The fourth-order valence-corrected chi connectivity index (χ4v) is 5.45. The summed E-state index contributed by atoms with van der Waals surface area (Å²) in [7, 11) is 0. The van der Waals surface area contributed by atoms with E-state index in [-0.39, 0.29) is 30.4 Å². The van der Waals surface area contributed by atoms with Crippen molar-refractivity contribution in [3.05, 3.63) is 34.9 Å². The van der Waals surface area contributed by atoms with Crippen LogP contribution in [0.1, 0.15) is 82.2 Å². The number of hydrogen-bond donors (Lipinski definition) is 0. The molecule has 28 heavy (non-hydrogen) atoms. The molecule has 0 unspecified atom stereocenters. The lowest BCUT2D eigenvalue weighted by Crippen LogP contribution is -2.60. The zero-order chi connectivity index (χ0) is 19.5. The van der Waals surface area contributed by atoms with E-state index in [1.54, 1.807) is 0 Å². The SMILES string of the molecule is O=C1[C@@H](c2ccc(Cl)cc2)N(C2CCCCCCC2)C(=O)CN1C1CCCC1. The third-order valence-corrected chi connectivity index (χ3v) is 7.06. The van der Waals surface area contributed by atoms with Gasteiger partial charge in [0.2, 0.25) is 5.91 Å². The number of carbonyl (C=O) groups is 2. The first-order valence-electron chi connectivity index (χ1n) is 11.0. The van der Waals surface area contributed by atoms with Crippen LogP contribution in [0, 0.1) is 0 Å². The van der Waals surface area contributed by atoms with E-state index in [9.17, 15) is 9.59 Å². The molecule has 3 fully saturated rings. The van der Waals surface area contributed by atoms with Crippen LogP contribution >= 0.6 is 11.6 Å². The maximum atomic E-state index is 13.6. The van der Waals surface area contributed by atoms with Gasteiger partial charge in [-0.1, -0.05) is 68.7 Å². The van der Waals surface area contributed by atoms with E-state index in [0.717, 1.165) is 56.9 Å². The maximum absolute atomic E-state index is 13.6. The van der Waals surface area contributed by atoms with Gasteiger partial charge in [-0.2, -0.15) is 0 Å². The van der Waals surface area contributed by atoms with Gasteiger partial charge < -0.3 is 9.80 Å². The van der Waals surface area contributed by atoms with Crippen LogP contribution in [0.3, 0.4) is 0 Å². The first-order chi connectivity index (χ1) is 13.6.